The van der Waals surface area contributed by atoms with Crippen molar-refractivity contribution in [1.82, 2.24) is 10.3 Å². The van der Waals surface area contributed by atoms with E-state index in [0.717, 1.165) is 30.0 Å². The van der Waals surface area contributed by atoms with Crippen molar-refractivity contribution in [1.29, 1.82) is 0 Å². The highest BCUT2D eigenvalue weighted by Gasteiger charge is 2.42. The molecule has 2 aromatic rings. The van der Waals surface area contributed by atoms with E-state index in [9.17, 15) is 9.59 Å². The van der Waals surface area contributed by atoms with E-state index in [1.54, 1.807) is 35.6 Å². The van der Waals surface area contributed by atoms with Crippen LogP contribution in [0.2, 0.25) is 0 Å². The normalized spacial score (nSPS) is 15.2. The maximum atomic E-state index is 12.6. The monoisotopic (exact) mass is 341 g/mol. The molecule has 1 aromatic heterocycles. The number of nitrogens with zero attached hydrogens (tertiary/aromatic N) is 1. The number of rotatable bonds is 5. The van der Waals surface area contributed by atoms with Crippen LogP contribution in [-0.2, 0) is 10.3 Å². The van der Waals surface area contributed by atoms with Gasteiger partial charge >= 0.3 is 0 Å². The van der Waals surface area contributed by atoms with Gasteiger partial charge in [-0.25, -0.2) is 4.98 Å². The topological polar surface area (TPSA) is 71.1 Å². The van der Waals surface area contributed by atoms with Crippen LogP contribution in [0.1, 0.15) is 40.3 Å². The molecule has 24 heavy (non-hydrogen) atoms. The van der Waals surface area contributed by atoms with E-state index in [-0.39, 0.29) is 17.4 Å². The zero-order valence-electron chi connectivity index (χ0n) is 13.5. The summed E-state index contributed by atoms with van der Waals surface area (Å²) in [5, 5.41) is 8.81. The molecule has 6 heteroatoms. The molecule has 124 valence electrons. The van der Waals surface area contributed by atoms with E-state index in [0.29, 0.717) is 11.3 Å². The number of aryl methyl sites for hydroxylation is 1. The molecule has 2 N–H and O–H groups in total. The first kappa shape index (κ1) is 16.4. The zero-order valence-corrected chi connectivity index (χ0v) is 14.3. The first-order chi connectivity index (χ1) is 11.5. The van der Waals surface area contributed by atoms with Crippen molar-refractivity contribution in [2.24, 2.45) is 0 Å². The maximum Gasteiger partial charge on any atom is 0.252 e. The van der Waals surface area contributed by atoms with Gasteiger partial charge in [0.25, 0.3) is 5.91 Å². The molecule has 0 atom stereocenters. The second-order valence-electron chi connectivity index (χ2n) is 5.95. The summed E-state index contributed by atoms with van der Waals surface area (Å²) in [6, 6.07) is 6.82. The van der Waals surface area contributed by atoms with Gasteiger partial charge in [0, 0.05) is 22.3 Å². The summed E-state index contributed by atoms with van der Waals surface area (Å²) >= 11 is 1.60. The fraction of sp³-hybridized carbons (Fsp3) is 0.278. The molecule has 0 bridgehead atoms. The fourth-order valence-corrected chi connectivity index (χ4v) is 3.70. The predicted molar refractivity (Wildman–Crippen MR) is 95.1 cm³/mol. The smallest absolute Gasteiger partial charge is 0.252 e. The highest BCUT2D eigenvalue weighted by Crippen LogP contribution is 2.42. The molecule has 1 fully saturated rings. The molecule has 5 nitrogen and oxygen atoms in total. The lowest BCUT2D eigenvalue weighted by Crippen LogP contribution is -2.50. The number of aromatic nitrogens is 1. The Bertz CT molecular complexity index is 776. The van der Waals surface area contributed by atoms with Crippen LogP contribution in [0.25, 0.3) is 0 Å². The first-order valence-electron chi connectivity index (χ1n) is 7.81. The van der Waals surface area contributed by atoms with Crippen LogP contribution in [0.4, 0.5) is 5.69 Å². The van der Waals surface area contributed by atoms with Crippen LogP contribution < -0.4 is 10.6 Å². The Morgan fingerprint density at radius 1 is 1.29 bits per heavy atom. The van der Waals surface area contributed by atoms with Crippen LogP contribution in [0.15, 0.2) is 42.3 Å². The molecule has 0 unspecified atom stereocenters. The third-order valence-corrected chi connectivity index (χ3v) is 5.35. The van der Waals surface area contributed by atoms with E-state index in [2.05, 4.69) is 22.2 Å². The van der Waals surface area contributed by atoms with Crippen LogP contribution in [-0.4, -0.2) is 16.8 Å². The van der Waals surface area contributed by atoms with Gasteiger partial charge in [0.15, 0.2) is 0 Å². The van der Waals surface area contributed by atoms with Gasteiger partial charge < -0.3 is 10.6 Å². The Morgan fingerprint density at radius 2 is 2.00 bits per heavy atom. The standard InChI is InChI=1S/C18H19N3O2S/c1-3-15(22)20-14-7-5-13(6-8-14)16(23)21-18(9-4-10-18)17-19-12(2)11-24-17/h3,5-8,11H,1,4,9-10H2,2H3,(H,20,22)(H,21,23). The van der Waals surface area contributed by atoms with Crippen molar-refractivity contribution in [2.75, 3.05) is 5.32 Å². The summed E-state index contributed by atoms with van der Waals surface area (Å²) in [4.78, 5) is 28.4. The van der Waals surface area contributed by atoms with E-state index >= 15 is 0 Å². The number of hydrogen-bond donors (Lipinski definition) is 2. The van der Waals surface area contributed by atoms with Crippen molar-refractivity contribution < 1.29 is 9.59 Å². The lowest BCUT2D eigenvalue weighted by Gasteiger charge is -2.40. The Labute approximate surface area is 144 Å². The number of benzene rings is 1. The molecule has 3 rings (SSSR count). The van der Waals surface area contributed by atoms with Crippen molar-refractivity contribution in [2.45, 2.75) is 31.7 Å². The summed E-state index contributed by atoms with van der Waals surface area (Å²) < 4.78 is 0. The van der Waals surface area contributed by atoms with Crippen molar-refractivity contribution in [3.63, 3.8) is 0 Å². The van der Waals surface area contributed by atoms with E-state index in [1.807, 2.05) is 12.3 Å². The minimum absolute atomic E-state index is 0.121. The number of nitrogens with one attached hydrogen (secondary N) is 2. The zero-order chi connectivity index (χ0) is 17.2. The summed E-state index contributed by atoms with van der Waals surface area (Å²) in [6.45, 7) is 5.37. The molecule has 1 heterocycles. The summed E-state index contributed by atoms with van der Waals surface area (Å²) in [6.07, 6.45) is 4.13. The largest absolute Gasteiger partial charge is 0.340 e. The number of thiazole rings is 1. The van der Waals surface area contributed by atoms with Crippen molar-refractivity contribution >= 4 is 28.8 Å². The minimum atomic E-state index is -0.328. The van der Waals surface area contributed by atoms with Crippen LogP contribution >= 0.6 is 11.3 Å². The first-order valence-corrected chi connectivity index (χ1v) is 8.69. The van der Waals surface area contributed by atoms with Gasteiger partial charge in [0.2, 0.25) is 5.91 Å². The Balaban J connectivity index is 1.72. The minimum Gasteiger partial charge on any atom is -0.340 e. The van der Waals surface area contributed by atoms with Crippen molar-refractivity contribution in [3.8, 4) is 0 Å². The van der Waals surface area contributed by atoms with Gasteiger partial charge in [-0.2, -0.15) is 0 Å². The number of hydrogen-bond acceptors (Lipinski definition) is 4. The van der Waals surface area contributed by atoms with Gasteiger partial charge in [0.05, 0.1) is 5.54 Å². The van der Waals surface area contributed by atoms with Gasteiger partial charge in [-0.05, 0) is 56.5 Å². The van der Waals surface area contributed by atoms with Gasteiger partial charge in [-0.3, -0.25) is 9.59 Å². The molecule has 1 aromatic carbocycles. The molecule has 1 aliphatic carbocycles. The average Bonchev–Trinajstić information content (AvgIpc) is 2.98. The Kier molecular flexibility index (Phi) is 4.49. The van der Waals surface area contributed by atoms with E-state index < -0.39 is 0 Å². The lowest BCUT2D eigenvalue weighted by molar-refractivity contribution is -0.111. The van der Waals surface area contributed by atoms with Crippen LogP contribution in [0.3, 0.4) is 0 Å². The summed E-state index contributed by atoms with van der Waals surface area (Å²) in [7, 11) is 0. The lowest BCUT2D eigenvalue weighted by atomic mass is 9.77. The van der Waals surface area contributed by atoms with E-state index in [4.69, 9.17) is 0 Å². The van der Waals surface area contributed by atoms with Gasteiger partial charge in [-0.1, -0.05) is 6.58 Å². The maximum absolute atomic E-state index is 12.6. The highest BCUT2D eigenvalue weighted by molar-refractivity contribution is 7.09. The van der Waals surface area contributed by atoms with Crippen LogP contribution in [0, 0.1) is 6.92 Å². The average molecular weight is 341 g/mol. The predicted octanol–water partition coefficient (Wildman–Crippen LogP) is 3.39. The molecule has 1 saturated carbocycles. The molecule has 0 spiro atoms. The van der Waals surface area contributed by atoms with Gasteiger partial charge in [-0.15, -0.1) is 11.3 Å². The van der Waals surface area contributed by atoms with Crippen molar-refractivity contribution in [3.05, 3.63) is 58.6 Å². The Hall–Kier alpha value is -2.47. The number of anilines is 1. The molecule has 0 aliphatic heterocycles. The molecule has 2 amide bonds. The quantitative estimate of drug-likeness (QED) is 0.819. The number of carbonyl (C=O) groups excluding carboxylic acids is 2. The van der Waals surface area contributed by atoms with Gasteiger partial charge in [0.1, 0.15) is 5.01 Å². The number of amides is 2. The third-order valence-electron chi connectivity index (χ3n) is 4.19. The highest BCUT2D eigenvalue weighted by atomic mass is 32.1. The molecular formula is C18H19N3O2S. The Morgan fingerprint density at radius 3 is 2.50 bits per heavy atom. The third kappa shape index (κ3) is 3.23. The number of carbonyl (C=O) groups is 2. The fourth-order valence-electron chi connectivity index (χ4n) is 2.68. The summed E-state index contributed by atoms with van der Waals surface area (Å²) in [5.74, 6) is -0.399. The molecule has 0 saturated heterocycles. The second-order valence-corrected chi connectivity index (χ2v) is 6.81. The van der Waals surface area contributed by atoms with E-state index in [1.165, 1.54) is 6.08 Å². The molecule has 0 radical (unpaired) electrons. The SMILES string of the molecule is C=CC(=O)Nc1ccc(C(=O)NC2(c3nc(C)cs3)CCC2)cc1. The summed E-state index contributed by atoms with van der Waals surface area (Å²) in [5.41, 5.74) is 1.85. The molecular weight excluding hydrogens is 322 g/mol. The second kappa shape index (κ2) is 6.57. The molecule has 1 aliphatic rings. The van der Waals surface area contributed by atoms with Crippen LogP contribution in [0.5, 0.6) is 0 Å².